The summed E-state index contributed by atoms with van der Waals surface area (Å²) in [5, 5.41) is 11.6. The number of nitrogens with zero attached hydrogens (tertiary/aromatic N) is 1. The Balaban J connectivity index is 1.47. The average Bonchev–Trinajstić information content (AvgIpc) is 3.55. The fourth-order valence-corrected chi connectivity index (χ4v) is 4.49. The Bertz CT molecular complexity index is 1310. The molecule has 4 rings (SSSR count). The van der Waals surface area contributed by atoms with Crippen LogP contribution in [0, 0.1) is 11.7 Å². The van der Waals surface area contributed by atoms with Crippen LogP contribution in [0.4, 0.5) is 10.1 Å². The van der Waals surface area contributed by atoms with Crippen LogP contribution in [0.2, 0.25) is 0 Å². The maximum absolute atomic E-state index is 13.7. The number of halogens is 1. The van der Waals surface area contributed by atoms with Crippen molar-refractivity contribution < 1.29 is 17.6 Å². The number of anilines is 1. The average molecular weight is 453 g/mol. The van der Waals surface area contributed by atoms with Gasteiger partial charge in [-0.15, -0.1) is 0 Å². The molecular formula is C23H21FN4O3S. The predicted octanol–water partition coefficient (Wildman–Crippen LogP) is 3.17. The molecule has 0 saturated heterocycles. The Labute approximate surface area is 185 Å². The SMILES string of the molecule is NN=Cc1cccc([C@H]2C[C@H]2C(=O)Nc2ccc(-c3cc(F)ccc3S(N)(=O)=O)cc2)c1. The topological polar surface area (TPSA) is 128 Å². The number of hydrogen-bond donors (Lipinski definition) is 3. The number of hydrazone groups is 1. The second-order valence-corrected chi connectivity index (χ2v) is 9.18. The number of carbonyl (C=O) groups is 1. The maximum atomic E-state index is 13.7. The predicted molar refractivity (Wildman–Crippen MR) is 121 cm³/mol. The van der Waals surface area contributed by atoms with Gasteiger partial charge in [0.15, 0.2) is 0 Å². The molecule has 0 aromatic heterocycles. The van der Waals surface area contributed by atoms with Crippen LogP contribution >= 0.6 is 0 Å². The van der Waals surface area contributed by atoms with E-state index in [0.29, 0.717) is 11.3 Å². The van der Waals surface area contributed by atoms with Gasteiger partial charge in [0.1, 0.15) is 5.82 Å². The number of nitrogens with one attached hydrogen (secondary N) is 1. The van der Waals surface area contributed by atoms with Crippen molar-refractivity contribution in [2.75, 3.05) is 5.32 Å². The number of sulfonamides is 1. The lowest BCUT2D eigenvalue weighted by Crippen LogP contribution is -2.14. The third-order valence-electron chi connectivity index (χ3n) is 5.40. The van der Waals surface area contributed by atoms with Gasteiger partial charge in [-0.1, -0.05) is 30.3 Å². The molecule has 7 nitrogen and oxygen atoms in total. The molecule has 1 fully saturated rings. The zero-order valence-corrected chi connectivity index (χ0v) is 17.7. The third-order valence-corrected chi connectivity index (χ3v) is 6.37. The number of primary sulfonamides is 1. The van der Waals surface area contributed by atoms with Crippen molar-refractivity contribution in [1.29, 1.82) is 0 Å². The summed E-state index contributed by atoms with van der Waals surface area (Å²) < 4.78 is 37.4. The van der Waals surface area contributed by atoms with E-state index in [1.165, 1.54) is 0 Å². The van der Waals surface area contributed by atoms with Gasteiger partial charge in [-0.2, -0.15) is 5.10 Å². The van der Waals surface area contributed by atoms with Gasteiger partial charge in [-0.05, 0) is 65.4 Å². The minimum absolute atomic E-state index is 0.100. The van der Waals surface area contributed by atoms with Gasteiger partial charge in [-0.3, -0.25) is 4.79 Å². The number of nitrogens with two attached hydrogens (primary N) is 2. The summed E-state index contributed by atoms with van der Waals surface area (Å²) in [7, 11) is -4.02. The zero-order chi connectivity index (χ0) is 22.9. The number of rotatable bonds is 6. The first-order chi connectivity index (χ1) is 15.3. The molecule has 3 aromatic rings. The van der Waals surface area contributed by atoms with E-state index in [1.807, 2.05) is 24.3 Å². The first kappa shape index (κ1) is 21.7. The first-order valence-corrected chi connectivity index (χ1v) is 11.4. The molecule has 3 aromatic carbocycles. The van der Waals surface area contributed by atoms with Crippen LogP contribution in [0.3, 0.4) is 0 Å². The van der Waals surface area contributed by atoms with Crippen LogP contribution in [0.1, 0.15) is 23.5 Å². The van der Waals surface area contributed by atoms with Gasteiger partial charge in [0.05, 0.1) is 11.1 Å². The lowest BCUT2D eigenvalue weighted by atomic mass is 10.0. The molecule has 164 valence electrons. The summed E-state index contributed by atoms with van der Waals surface area (Å²) in [4.78, 5) is 12.5. The maximum Gasteiger partial charge on any atom is 0.238 e. The van der Waals surface area contributed by atoms with E-state index in [1.54, 1.807) is 30.5 Å². The van der Waals surface area contributed by atoms with E-state index in [0.717, 1.165) is 35.7 Å². The van der Waals surface area contributed by atoms with Crippen LogP contribution < -0.4 is 16.3 Å². The van der Waals surface area contributed by atoms with E-state index in [-0.39, 0.29) is 28.2 Å². The van der Waals surface area contributed by atoms with Crippen LogP contribution in [-0.4, -0.2) is 20.5 Å². The molecule has 1 aliphatic carbocycles. The molecule has 0 heterocycles. The van der Waals surface area contributed by atoms with Crippen molar-refractivity contribution in [3.8, 4) is 11.1 Å². The Morgan fingerprint density at radius 1 is 1.09 bits per heavy atom. The second-order valence-electron chi connectivity index (χ2n) is 7.65. The number of benzene rings is 3. The van der Waals surface area contributed by atoms with E-state index in [9.17, 15) is 17.6 Å². The van der Waals surface area contributed by atoms with Gasteiger partial charge in [0.2, 0.25) is 15.9 Å². The summed E-state index contributed by atoms with van der Waals surface area (Å²) in [6.45, 7) is 0. The lowest BCUT2D eigenvalue weighted by molar-refractivity contribution is -0.117. The molecule has 1 aliphatic rings. The molecule has 0 aliphatic heterocycles. The molecule has 9 heteroatoms. The highest BCUT2D eigenvalue weighted by atomic mass is 32.2. The molecule has 0 radical (unpaired) electrons. The lowest BCUT2D eigenvalue weighted by Gasteiger charge is -2.10. The van der Waals surface area contributed by atoms with E-state index in [4.69, 9.17) is 11.0 Å². The molecule has 0 unspecified atom stereocenters. The molecule has 1 amide bonds. The largest absolute Gasteiger partial charge is 0.326 e. The summed E-state index contributed by atoms with van der Waals surface area (Å²) in [5.74, 6) is 4.51. The van der Waals surface area contributed by atoms with Crippen molar-refractivity contribution in [1.82, 2.24) is 0 Å². The second kappa shape index (κ2) is 8.52. The number of carbonyl (C=O) groups excluding carboxylic acids is 1. The van der Waals surface area contributed by atoms with Gasteiger partial charge in [0, 0.05) is 17.2 Å². The van der Waals surface area contributed by atoms with Gasteiger partial charge in [-0.25, -0.2) is 17.9 Å². The Morgan fingerprint density at radius 2 is 1.84 bits per heavy atom. The molecule has 0 spiro atoms. The van der Waals surface area contributed by atoms with Crippen LogP contribution in [0.25, 0.3) is 11.1 Å². The minimum Gasteiger partial charge on any atom is -0.326 e. The molecule has 0 bridgehead atoms. The van der Waals surface area contributed by atoms with Crippen LogP contribution in [0.5, 0.6) is 0 Å². The quantitative estimate of drug-likeness (QED) is 0.301. The van der Waals surface area contributed by atoms with Gasteiger partial charge in [0.25, 0.3) is 0 Å². The molecule has 1 saturated carbocycles. The molecule has 2 atom stereocenters. The van der Waals surface area contributed by atoms with E-state index < -0.39 is 15.8 Å². The fraction of sp³-hybridized carbons (Fsp3) is 0.130. The van der Waals surface area contributed by atoms with Crippen molar-refractivity contribution in [3.05, 3.63) is 83.7 Å². The number of hydrogen-bond acceptors (Lipinski definition) is 5. The van der Waals surface area contributed by atoms with Gasteiger partial charge >= 0.3 is 0 Å². The first-order valence-electron chi connectivity index (χ1n) is 9.83. The van der Waals surface area contributed by atoms with Crippen LogP contribution in [0.15, 0.2) is 76.7 Å². The zero-order valence-electron chi connectivity index (χ0n) is 16.9. The van der Waals surface area contributed by atoms with Crippen molar-refractivity contribution in [2.24, 2.45) is 22.0 Å². The van der Waals surface area contributed by atoms with Crippen LogP contribution in [-0.2, 0) is 14.8 Å². The Kier molecular flexibility index (Phi) is 5.77. The number of amides is 1. The molecule has 32 heavy (non-hydrogen) atoms. The van der Waals surface area contributed by atoms with Crippen molar-refractivity contribution in [2.45, 2.75) is 17.2 Å². The third kappa shape index (κ3) is 4.68. The van der Waals surface area contributed by atoms with Gasteiger partial charge < -0.3 is 11.2 Å². The summed E-state index contributed by atoms with van der Waals surface area (Å²) in [6.07, 6.45) is 2.30. The Hall–Kier alpha value is -3.56. The minimum atomic E-state index is -4.02. The van der Waals surface area contributed by atoms with Crippen molar-refractivity contribution >= 4 is 27.8 Å². The Morgan fingerprint density at radius 3 is 2.53 bits per heavy atom. The van der Waals surface area contributed by atoms with E-state index in [2.05, 4.69) is 10.4 Å². The highest BCUT2D eigenvalue weighted by molar-refractivity contribution is 7.89. The molecule has 5 N–H and O–H groups in total. The summed E-state index contributed by atoms with van der Waals surface area (Å²) in [5.41, 5.74) is 3.12. The standard InChI is InChI=1S/C23H21FN4O3S/c24-17-6-9-22(32(26,30)31)20(11-17)15-4-7-18(8-5-15)28-23(29)21-12-19(21)16-3-1-2-14(10-16)13-27-25/h1-11,13,19,21H,12,25H2,(H,28,29)(H2,26,30,31)/t19-,21-/m1/s1. The smallest absolute Gasteiger partial charge is 0.238 e. The highest BCUT2D eigenvalue weighted by Gasteiger charge is 2.43. The van der Waals surface area contributed by atoms with E-state index >= 15 is 0 Å². The fourth-order valence-electron chi connectivity index (χ4n) is 3.75. The summed E-state index contributed by atoms with van der Waals surface area (Å²) >= 11 is 0. The normalized spacial score (nSPS) is 17.9. The highest BCUT2D eigenvalue weighted by Crippen LogP contribution is 2.48. The summed E-state index contributed by atoms with van der Waals surface area (Å²) in [6, 6.07) is 17.5. The molecular weight excluding hydrogens is 431 g/mol. The van der Waals surface area contributed by atoms with Crippen molar-refractivity contribution in [3.63, 3.8) is 0 Å². The monoisotopic (exact) mass is 452 g/mol.